The summed E-state index contributed by atoms with van der Waals surface area (Å²) in [6, 6.07) is 17.2. The van der Waals surface area contributed by atoms with Crippen LogP contribution < -0.4 is 10.2 Å². The Morgan fingerprint density at radius 2 is 2.00 bits per heavy atom. The molecule has 0 radical (unpaired) electrons. The number of benzene rings is 2. The molecule has 0 bridgehead atoms. The Morgan fingerprint density at radius 1 is 1.17 bits per heavy atom. The van der Waals surface area contributed by atoms with Crippen LogP contribution in [-0.4, -0.2) is 25.4 Å². The van der Waals surface area contributed by atoms with E-state index >= 15 is 0 Å². The number of ether oxygens (including phenoxy) is 2. The Hall–Kier alpha value is -2.82. The van der Waals surface area contributed by atoms with Gasteiger partial charge < -0.3 is 9.47 Å². The van der Waals surface area contributed by atoms with Gasteiger partial charge in [-0.15, -0.1) is 0 Å². The van der Waals surface area contributed by atoms with Crippen LogP contribution in [-0.2, 0) is 9.53 Å². The number of hydrogen-bond acceptors (Lipinski definition) is 5. The predicted molar refractivity (Wildman–Crippen MR) is 90.8 cm³/mol. The third kappa shape index (κ3) is 6.22. The highest BCUT2D eigenvalue weighted by molar-refractivity contribution is 5.80. The number of para-hydroxylation sites is 1. The first-order valence-electron chi connectivity index (χ1n) is 7.50. The maximum atomic E-state index is 11.2. The van der Waals surface area contributed by atoms with Crippen LogP contribution in [0.1, 0.15) is 18.9 Å². The second-order valence-corrected chi connectivity index (χ2v) is 4.71. The smallest absolute Gasteiger partial charge is 0.309 e. The molecule has 120 valence electrons. The fourth-order valence-electron chi connectivity index (χ4n) is 1.86. The molecule has 0 saturated heterocycles. The summed E-state index contributed by atoms with van der Waals surface area (Å²) in [7, 11) is 0. The predicted octanol–water partition coefficient (Wildman–Crippen LogP) is 3.46. The number of esters is 1. The topological polar surface area (TPSA) is 59.9 Å². The molecular weight excluding hydrogens is 292 g/mol. The molecular formula is C18H20N2O3. The van der Waals surface area contributed by atoms with Crippen molar-refractivity contribution in [2.45, 2.75) is 13.3 Å². The lowest BCUT2D eigenvalue weighted by atomic mass is 10.2. The first-order chi connectivity index (χ1) is 11.3. The van der Waals surface area contributed by atoms with Gasteiger partial charge in [0, 0.05) is 0 Å². The van der Waals surface area contributed by atoms with Crippen LogP contribution in [0.4, 0.5) is 5.69 Å². The molecule has 0 atom stereocenters. The van der Waals surface area contributed by atoms with Crippen molar-refractivity contribution < 1.29 is 14.3 Å². The zero-order valence-corrected chi connectivity index (χ0v) is 13.1. The van der Waals surface area contributed by atoms with E-state index in [1.807, 2.05) is 54.6 Å². The third-order valence-electron chi connectivity index (χ3n) is 2.92. The van der Waals surface area contributed by atoms with Crippen LogP contribution in [0.15, 0.2) is 59.7 Å². The minimum absolute atomic E-state index is 0.238. The lowest BCUT2D eigenvalue weighted by Crippen LogP contribution is -2.09. The van der Waals surface area contributed by atoms with Crippen molar-refractivity contribution in [2.75, 3.05) is 18.6 Å². The van der Waals surface area contributed by atoms with Crippen molar-refractivity contribution in [3.63, 3.8) is 0 Å². The molecule has 2 aromatic rings. The molecule has 5 nitrogen and oxygen atoms in total. The van der Waals surface area contributed by atoms with E-state index < -0.39 is 0 Å². The molecule has 0 heterocycles. The molecule has 1 N–H and O–H groups in total. The van der Waals surface area contributed by atoms with Gasteiger partial charge in [0.05, 0.1) is 31.5 Å². The number of hydrazone groups is 1. The SMILES string of the molecule is CCOC(=O)CCOc1cccc(C=NNc2ccccc2)c1. The molecule has 5 heteroatoms. The molecule has 0 aliphatic heterocycles. The number of carbonyl (C=O) groups is 1. The van der Waals surface area contributed by atoms with E-state index in [9.17, 15) is 4.79 Å². The Kier molecular flexibility index (Phi) is 6.65. The zero-order valence-electron chi connectivity index (χ0n) is 13.1. The number of nitrogens with zero attached hydrogens (tertiary/aromatic N) is 1. The number of anilines is 1. The summed E-state index contributed by atoms with van der Waals surface area (Å²) in [6.07, 6.45) is 1.95. The molecule has 2 rings (SSSR count). The lowest BCUT2D eigenvalue weighted by molar-refractivity contribution is -0.143. The van der Waals surface area contributed by atoms with Gasteiger partial charge in [-0.2, -0.15) is 5.10 Å². The monoisotopic (exact) mass is 312 g/mol. The summed E-state index contributed by atoms with van der Waals surface area (Å²) < 4.78 is 10.4. The Balaban J connectivity index is 1.83. The molecule has 0 saturated carbocycles. The van der Waals surface area contributed by atoms with Crippen molar-refractivity contribution >= 4 is 17.9 Å². The van der Waals surface area contributed by atoms with Crippen LogP contribution in [0.3, 0.4) is 0 Å². The summed E-state index contributed by atoms with van der Waals surface area (Å²) in [5.74, 6) is 0.440. The van der Waals surface area contributed by atoms with Crippen LogP contribution >= 0.6 is 0 Å². The zero-order chi connectivity index (χ0) is 16.3. The third-order valence-corrected chi connectivity index (χ3v) is 2.92. The molecule has 0 aromatic heterocycles. The number of hydrogen-bond donors (Lipinski definition) is 1. The first-order valence-corrected chi connectivity index (χ1v) is 7.50. The highest BCUT2D eigenvalue weighted by Gasteiger charge is 2.02. The van der Waals surface area contributed by atoms with Crippen LogP contribution in [0.25, 0.3) is 0 Å². The summed E-state index contributed by atoms with van der Waals surface area (Å²) >= 11 is 0. The fraction of sp³-hybridized carbons (Fsp3) is 0.222. The Bertz CT molecular complexity index is 642. The van der Waals surface area contributed by atoms with Crippen molar-refractivity contribution in [3.8, 4) is 5.75 Å². The second kappa shape index (κ2) is 9.25. The molecule has 0 unspecified atom stereocenters. The van der Waals surface area contributed by atoms with E-state index in [0.29, 0.717) is 19.0 Å². The van der Waals surface area contributed by atoms with Crippen LogP contribution in [0.5, 0.6) is 5.75 Å². The van der Waals surface area contributed by atoms with E-state index in [4.69, 9.17) is 9.47 Å². The van der Waals surface area contributed by atoms with E-state index in [1.165, 1.54) is 0 Å². The summed E-state index contributed by atoms with van der Waals surface area (Å²) in [4.78, 5) is 11.2. The summed E-state index contributed by atoms with van der Waals surface area (Å²) in [5, 5.41) is 4.18. The van der Waals surface area contributed by atoms with Gasteiger partial charge in [-0.1, -0.05) is 30.3 Å². The second-order valence-electron chi connectivity index (χ2n) is 4.71. The molecule has 2 aromatic carbocycles. The summed E-state index contributed by atoms with van der Waals surface area (Å²) in [6.45, 7) is 2.46. The Morgan fingerprint density at radius 3 is 2.78 bits per heavy atom. The summed E-state index contributed by atoms with van der Waals surface area (Å²) in [5.41, 5.74) is 4.78. The minimum Gasteiger partial charge on any atom is -0.493 e. The number of rotatable bonds is 8. The lowest BCUT2D eigenvalue weighted by Gasteiger charge is -2.06. The molecule has 0 aliphatic carbocycles. The van der Waals surface area contributed by atoms with Gasteiger partial charge in [-0.25, -0.2) is 0 Å². The number of carbonyl (C=O) groups excluding carboxylic acids is 1. The minimum atomic E-state index is -0.253. The van der Waals surface area contributed by atoms with Crippen molar-refractivity contribution in [3.05, 3.63) is 60.2 Å². The average molecular weight is 312 g/mol. The van der Waals surface area contributed by atoms with Crippen molar-refractivity contribution in [1.82, 2.24) is 0 Å². The van der Waals surface area contributed by atoms with E-state index in [-0.39, 0.29) is 12.4 Å². The standard InChI is InChI=1S/C18H20N2O3/c1-2-22-18(21)11-12-23-17-10-6-7-15(13-17)14-19-20-16-8-4-3-5-9-16/h3-10,13-14,20H,2,11-12H2,1H3. The quantitative estimate of drug-likeness (QED) is 0.461. The van der Waals surface area contributed by atoms with Crippen molar-refractivity contribution in [1.29, 1.82) is 0 Å². The molecule has 0 fully saturated rings. The maximum Gasteiger partial charge on any atom is 0.309 e. The van der Waals surface area contributed by atoms with Crippen LogP contribution in [0.2, 0.25) is 0 Å². The van der Waals surface area contributed by atoms with Gasteiger partial charge in [0.1, 0.15) is 5.75 Å². The highest BCUT2D eigenvalue weighted by Crippen LogP contribution is 2.12. The van der Waals surface area contributed by atoms with Gasteiger partial charge in [-0.3, -0.25) is 10.2 Å². The largest absolute Gasteiger partial charge is 0.493 e. The molecule has 0 amide bonds. The number of nitrogens with one attached hydrogen (secondary N) is 1. The molecule has 0 spiro atoms. The normalized spacial score (nSPS) is 10.5. The molecule has 23 heavy (non-hydrogen) atoms. The van der Waals surface area contributed by atoms with E-state index in [1.54, 1.807) is 13.1 Å². The van der Waals surface area contributed by atoms with Gasteiger partial charge in [-0.05, 0) is 36.8 Å². The first kappa shape index (κ1) is 16.5. The van der Waals surface area contributed by atoms with E-state index in [2.05, 4.69) is 10.5 Å². The van der Waals surface area contributed by atoms with Gasteiger partial charge >= 0.3 is 5.97 Å². The molecule has 0 aliphatic rings. The maximum absolute atomic E-state index is 11.2. The average Bonchev–Trinajstić information content (AvgIpc) is 2.56. The fourth-order valence-corrected chi connectivity index (χ4v) is 1.86. The van der Waals surface area contributed by atoms with Gasteiger partial charge in [0.15, 0.2) is 0 Å². The van der Waals surface area contributed by atoms with Crippen LogP contribution in [0, 0.1) is 0 Å². The van der Waals surface area contributed by atoms with E-state index in [0.717, 1.165) is 11.3 Å². The van der Waals surface area contributed by atoms with Gasteiger partial charge in [0.2, 0.25) is 0 Å². The Labute approximate surface area is 135 Å². The van der Waals surface area contributed by atoms with Crippen molar-refractivity contribution in [2.24, 2.45) is 5.10 Å². The van der Waals surface area contributed by atoms with Gasteiger partial charge in [0.25, 0.3) is 0 Å². The highest BCUT2D eigenvalue weighted by atomic mass is 16.5.